The third kappa shape index (κ3) is 2.47. The summed E-state index contributed by atoms with van der Waals surface area (Å²) in [6.45, 7) is 9.48. The van der Waals surface area contributed by atoms with Crippen LogP contribution >= 0.6 is 8.58 Å². The minimum absolute atomic E-state index is 0.313. The highest BCUT2D eigenvalue weighted by atomic mass is 31.1. The van der Waals surface area contributed by atoms with Gasteiger partial charge in [0.05, 0.1) is 0 Å². The number of allylic oxidation sites excluding steroid dienone is 8. The molecule has 2 aliphatic rings. The summed E-state index contributed by atoms with van der Waals surface area (Å²) in [6.07, 6.45) is 18.3. The van der Waals surface area contributed by atoms with E-state index in [-0.39, 0.29) is 0 Å². The van der Waals surface area contributed by atoms with Gasteiger partial charge in [-0.3, -0.25) is 0 Å². The summed E-state index contributed by atoms with van der Waals surface area (Å²) >= 11 is 0. The summed E-state index contributed by atoms with van der Waals surface area (Å²) < 4.78 is 0. The highest BCUT2D eigenvalue weighted by Crippen LogP contribution is 2.54. The van der Waals surface area contributed by atoms with E-state index in [0.29, 0.717) is 22.1 Å². The van der Waals surface area contributed by atoms with Gasteiger partial charge in [-0.25, -0.2) is 0 Å². The second-order valence-corrected chi connectivity index (χ2v) is 8.16. The molecule has 17 heavy (non-hydrogen) atoms. The van der Waals surface area contributed by atoms with Crippen LogP contribution in [0.3, 0.4) is 0 Å². The minimum atomic E-state index is 0.313. The van der Waals surface area contributed by atoms with Crippen molar-refractivity contribution in [1.29, 1.82) is 0 Å². The summed E-state index contributed by atoms with van der Waals surface area (Å²) in [4.78, 5) is 0. The number of hydrogen-bond acceptors (Lipinski definition) is 0. The first-order chi connectivity index (χ1) is 7.96. The quantitative estimate of drug-likeness (QED) is 0.619. The normalized spacial score (nSPS) is 44.9. The van der Waals surface area contributed by atoms with Crippen LogP contribution in [-0.4, -0.2) is 10.3 Å². The van der Waals surface area contributed by atoms with Gasteiger partial charge in [-0.05, 0) is 11.8 Å². The Morgan fingerprint density at radius 3 is 1.53 bits per heavy atom. The molecule has 0 bridgehead atoms. The van der Waals surface area contributed by atoms with Crippen LogP contribution in [0.1, 0.15) is 27.7 Å². The zero-order valence-electron chi connectivity index (χ0n) is 11.3. The van der Waals surface area contributed by atoms with Crippen LogP contribution in [0, 0.1) is 11.8 Å². The van der Waals surface area contributed by atoms with Gasteiger partial charge in [0.15, 0.2) is 0 Å². The maximum absolute atomic E-state index is 2.40. The van der Waals surface area contributed by atoms with E-state index in [1.54, 1.807) is 0 Å². The minimum Gasteiger partial charge on any atom is -0.101 e. The Morgan fingerprint density at radius 1 is 0.765 bits per heavy atom. The van der Waals surface area contributed by atoms with Crippen molar-refractivity contribution >= 4 is 8.58 Å². The molecule has 4 atom stereocenters. The molecule has 2 rings (SSSR count). The molecular weight excluding hydrogens is 223 g/mol. The fraction of sp³-hybridized carbons (Fsp3) is 0.500. The SMILES string of the molecule is CC1C=CC=CC1(C)PC1(C)C=CC=CC1C. The second kappa shape index (κ2) is 4.58. The maximum atomic E-state index is 2.40. The third-order valence-electron chi connectivity index (χ3n) is 4.34. The largest absolute Gasteiger partial charge is 0.101 e. The average Bonchev–Trinajstić information content (AvgIpc) is 2.27. The Kier molecular flexibility index (Phi) is 3.46. The van der Waals surface area contributed by atoms with Crippen molar-refractivity contribution in [3.63, 3.8) is 0 Å². The highest BCUT2D eigenvalue weighted by Gasteiger charge is 2.38. The summed E-state index contributed by atoms with van der Waals surface area (Å²) in [5, 5.41) is 0.626. The lowest BCUT2D eigenvalue weighted by molar-refractivity contribution is 0.547. The predicted octanol–water partition coefficient (Wildman–Crippen LogP) is 4.71. The first kappa shape index (κ1) is 12.8. The van der Waals surface area contributed by atoms with Crippen LogP contribution in [0.4, 0.5) is 0 Å². The molecule has 0 aromatic heterocycles. The Balaban J connectivity index is 2.20. The molecule has 1 heteroatoms. The highest BCUT2D eigenvalue weighted by molar-refractivity contribution is 7.42. The monoisotopic (exact) mass is 246 g/mol. The van der Waals surface area contributed by atoms with Crippen molar-refractivity contribution in [2.75, 3.05) is 0 Å². The molecule has 0 amide bonds. The lowest BCUT2D eigenvalue weighted by atomic mass is 9.89. The van der Waals surface area contributed by atoms with Crippen LogP contribution in [0.25, 0.3) is 0 Å². The fourth-order valence-corrected chi connectivity index (χ4v) is 4.73. The van der Waals surface area contributed by atoms with Crippen molar-refractivity contribution in [2.45, 2.75) is 38.0 Å². The van der Waals surface area contributed by atoms with Gasteiger partial charge in [-0.2, -0.15) is 0 Å². The van der Waals surface area contributed by atoms with Crippen LogP contribution in [0.2, 0.25) is 0 Å². The molecule has 4 unspecified atom stereocenters. The molecular formula is C16H23P. The Labute approximate surface area is 107 Å². The molecule has 0 radical (unpaired) electrons. The Morgan fingerprint density at radius 2 is 1.18 bits per heavy atom. The first-order valence-electron chi connectivity index (χ1n) is 6.48. The van der Waals surface area contributed by atoms with Crippen molar-refractivity contribution in [1.82, 2.24) is 0 Å². The molecule has 0 saturated carbocycles. The van der Waals surface area contributed by atoms with E-state index in [2.05, 4.69) is 76.3 Å². The molecule has 0 aromatic rings. The van der Waals surface area contributed by atoms with Crippen molar-refractivity contribution in [2.24, 2.45) is 11.8 Å². The molecule has 0 aromatic carbocycles. The maximum Gasteiger partial charge on any atom is 0.00987 e. The van der Waals surface area contributed by atoms with Gasteiger partial charge in [-0.15, -0.1) is 8.58 Å². The van der Waals surface area contributed by atoms with Crippen LogP contribution in [-0.2, 0) is 0 Å². The molecule has 92 valence electrons. The van der Waals surface area contributed by atoms with E-state index in [1.165, 1.54) is 0 Å². The summed E-state index contributed by atoms with van der Waals surface area (Å²) in [5.74, 6) is 1.27. The van der Waals surface area contributed by atoms with Gasteiger partial charge in [0, 0.05) is 10.3 Å². The molecule has 0 aliphatic heterocycles. The lowest BCUT2D eigenvalue weighted by Gasteiger charge is -2.43. The van der Waals surface area contributed by atoms with E-state index in [9.17, 15) is 0 Å². The summed E-state index contributed by atoms with van der Waals surface area (Å²) in [7, 11) is 0.921. The van der Waals surface area contributed by atoms with Crippen molar-refractivity contribution < 1.29 is 0 Å². The van der Waals surface area contributed by atoms with Gasteiger partial charge in [0.25, 0.3) is 0 Å². The topological polar surface area (TPSA) is 0 Å². The molecule has 0 spiro atoms. The van der Waals surface area contributed by atoms with Gasteiger partial charge in [0.1, 0.15) is 0 Å². The third-order valence-corrected chi connectivity index (χ3v) is 6.66. The van der Waals surface area contributed by atoms with Crippen LogP contribution in [0.5, 0.6) is 0 Å². The molecule has 0 saturated heterocycles. The lowest BCUT2D eigenvalue weighted by Crippen LogP contribution is -2.35. The predicted molar refractivity (Wildman–Crippen MR) is 80.0 cm³/mol. The van der Waals surface area contributed by atoms with Crippen molar-refractivity contribution in [3.05, 3.63) is 48.6 Å². The molecule has 0 nitrogen and oxygen atoms in total. The summed E-state index contributed by atoms with van der Waals surface area (Å²) in [5.41, 5.74) is 0. The van der Waals surface area contributed by atoms with Crippen molar-refractivity contribution in [3.8, 4) is 0 Å². The van der Waals surface area contributed by atoms with E-state index in [0.717, 1.165) is 8.58 Å². The van der Waals surface area contributed by atoms with E-state index < -0.39 is 0 Å². The Hall–Kier alpha value is -0.610. The van der Waals surface area contributed by atoms with Gasteiger partial charge >= 0.3 is 0 Å². The van der Waals surface area contributed by atoms with Gasteiger partial charge in [-0.1, -0.05) is 76.3 Å². The molecule has 0 heterocycles. The van der Waals surface area contributed by atoms with E-state index in [4.69, 9.17) is 0 Å². The van der Waals surface area contributed by atoms with Gasteiger partial charge in [0.2, 0.25) is 0 Å². The van der Waals surface area contributed by atoms with Gasteiger partial charge < -0.3 is 0 Å². The standard InChI is InChI=1S/C16H23P/c1-13-9-5-7-11-15(13,3)17-16(4)12-8-6-10-14(16)2/h5-14,17H,1-4H3. The number of rotatable bonds is 2. The number of hydrogen-bond donors (Lipinski definition) is 0. The first-order valence-corrected chi connectivity index (χ1v) is 7.48. The van der Waals surface area contributed by atoms with E-state index >= 15 is 0 Å². The van der Waals surface area contributed by atoms with Crippen LogP contribution in [0.15, 0.2) is 48.6 Å². The zero-order chi connectivity index (χ0) is 12.5. The Bertz CT molecular complexity index is 364. The molecule has 2 aliphatic carbocycles. The molecule has 0 N–H and O–H groups in total. The van der Waals surface area contributed by atoms with E-state index in [1.807, 2.05) is 0 Å². The fourth-order valence-electron chi connectivity index (χ4n) is 2.57. The average molecular weight is 246 g/mol. The summed E-state index contributed by atoms with van der Waals surface area (Å²) in [6, 6.07) is 0. The molecule has 0 fully saturated rings. The smallest absolute Gasteiger partial charge is 0.00987 e. The zero-order valence-corrected chi connectivity index (χ0v) is 12.3. The second-order valence-electron chi connectivity index (χ2n) is 5.76. The van der Waals surface area contributed by atoms with Crippen LogP contribution < -0.4 is 0 Å².